The van der Waals surface area contributed by atoms with Crippen LogP contribution in [0, 0.1) is 0 Å². The fourth-order valence-corrected chi connectivity index (χ4v) is 0.997. The summed E-state index contributed by atoms with van der Waals surface area (Å²) in [4.78, 5) is 8.00. The van der Waals surface area contributed by atoms with Crippen LogP contribution >= 0.6 is 34.8 Å². The molecule has 0 aromatic heterocycles. The third kappa shape index (κ3) is 3.61. The van der Waals surface area contributed by atoms with Crippen molar-refractivity contribution in [2.45, 2.75) is 0 Å². The molecule has 0 N–H and O–H groups in total. The molecule has 1 aromatic rings. The van der Waals surface area contributed by atoms with E-state index in [4.69, 9.17) is 39.6 Å². The van der Waals surface area contributed by atoms with Gasteiger partial charge in [0.1, 0.15) is 6.79 Å². The summed E-state index contributed by atoms with van der Waals surface area (Å²) in [7, 11) is 0. The Morgan fingerprint density at radius 1 is 1.00 bits per heavy atom. The molecule has 0 heterocycles. The second kappa shape index (κ2) is 5.42. The van der Waals surface area contributed by atoms with Crippen LogP contribution in [-0.2, 0) is 4.79 Å². The van der Waals surface area contributed by atoms with Gasteiger partial charge < -0.3 is 4.79 Å². The van der Waals surface area contributed by atoms with Gasteiger partial charge in [0.05, 0.1) is 10.0 Å². The molecule has 60 valence electrons. The molecule has 0 spiro atoms. The zero-order valence-electron chi connectivity index (χ0n) is 5.48. The summed E-state index contributed by atoms with van der Waals surface area (Å²) in [5.41, 5.74) is 0. The molecule has 0 aliphatic carbocycles. The molecular formula is C7H5Cl3O. The molecule has 0 fully saturated rings. The van der Waals surface area contributed by atoms with Crippen molar-refractivity contribution in [1.82, 2.24) is 0 Å². The first-order valence-electron chi connectivity index (χ1n) is 2.59. The van der Waals surface area contributed by atoms with E-state index in [2.05, 4.69) is 0 Å². The lowest BCUT2D eigenvalue weighted by Gasteiger charge is -1.92. The lowest BCUT2D eigenvalue weighted by Crippen LogP contribution is -1.66. The Morgan fingerprint density at radius 2 is 1.55 bits per heavy atom. The zero-order valence-corrected chi connectivity index (χ0v) is 7.75. The number of rotatable bonds is 0. The summed E-state index contributed by atoms with van der Waals surface area (Å²) in [6.45, 7) is 2.00. The van der Waals surface area contributed by atoms with Crippen molar-refractivity contribution in [3.05, 3.63) is 33.3 Å². The molecule has 0 amide bonds. The van der Waals surface area contributed by atoms with Crippen molar-refractivity contribution >= 4 is 41.6 Å². The van der Waals surface area contributed by atoms with Crippen LogP contribution in [0.5, 0.6) is 0 Å². The van der Waals surface area contributed by atoms with E-state index in [0.29, 0.717) is 15.1 Å². The van der Waals surface area contributed by atoms with Gasteiger partial charge in [0.25, 0.3) is 0 Å². The van der Waals surface area contributed by atoms with Crippen LogP contribution in [0.15, 0.2) is 18.2 Å². The van der Waals surface area contributed by atoms with Gasteiger partial charge in [-0.1, -0.05) is 34.8 Å². The summed E-state index contributed by atoms with van der Waals surface area (Å²) >= 11 is 16.8. The van der Waals surface area contributed by atoms with Gasteiger partial charge in [-0.05, 0) is 18.2 Å². The van der Waals surface area contributed by atoms with Crippen LogP contribution < -0.4 is 0 Å². The number of carbonyl (C=O) groups is 1. The van der Waals surface area contributed by atoms with Crippen molar-refractivity contribution in [1.29, 1.82) is 0 Å². The van der Waals surface area contributed by atoms with Crippen LogP contribution in [0.4, 0.5) is 0 Å². The number of carbonyl (C=O) groups excluding carboxylic acids is 1. The van der Waals surface area contributed by atoms with Crippen molar-refractivity contribution in [3.63, 3.8) is 0 Å². The first kappa shape index (κ1) is 10.8. The van der Waals surface area contributed by atoms with Crippen molar-refractivity contribution in [3.8, 4) is 0 Å². The molecule has 0 atom stereocenters. The number of hydrogen-bond acceptors (Lipinski definition) is 1. The van der Waals surface area contributed by atoms with Crippen LogP contribution in [0.25, 0.3) is 0 Å². The Kier molecular flexibility index (Phi) is 5.30. The maximum atomic E-state index is 8.00. The first-order chi connectivity index (χ1) is 5.20. The lowest BCUT2D eigenvalue weighted by molar-refractivity contribution is -0.0979. The average molecular weight is 211 g/mol. The Balaban J connectivity index is 0.000000461. The molecule has 0 radical (unpaired) electrons. The van der Waals surface area contributed by atoms with Gasteiger partial charge in [0, 0.05) is 5.02 Å². The van der Waals surface area contributed by atoms with E-state index in [9.17, 15) is 0 Å². The minimum Gasteiger partial charge on any atom is -0.307 e. The molecule has 1 rings (SSSR count). The SMILES string of the molecule is C=O.Clc1ccc(Cl)c(Cl)c1. The first-order valence-corrected chi connectivity index (χ1v) is 3.73. The van der Waals surface area contributed by atoms with E-state index in [-0.39, 0.29) is 0 Å². The molecule has 0 bridgehead atoms. The molecule has 0 aliphatic heterocycles. The summed E-state index contributed by atoms with van der Waals surface area (Å²) in [5.74, 6) is 0. The van der Waals surface area contributed by atoms with Gasteiger partial charge in [-0.15, -0.1) is 0 Å². The fraction of sp³-hybridized carbons (Fsp3) is 0. The van der Waals surface area contributed by atoms with E-state index in [1.807, 2.05) is 6.79 Å². The third-order valence-corrected chi connectivity index (χ3v) is 1.86. The van der Waals surface area contributed by atoms with Crippen LogP contribution in [0.1, 0.15) is 0 Å². The largest absolute Gasteiger partial charge is 0.307 e. The topological polar surface area (TPSA) is 17.1 Å². The Hall–Kier alpha value is -0.240. The molecule has 0 saturated carbocycles. The van der Waals surface area contributed by atoms with Gasteiger partial charge in [0.2, 0.25) is 0 Å². The standard InChI is InChI=1S/C6H3Cl3.CH2O/c7-4-1-2-5(8)6(9)3-4;1-2/h1-3H;1H2. The molecule has 11 heavy (non-hydrogen) atoms. The highest BCUT2D eigenvalue weighted by molar-refractivity contribution is 6.43. The molecule has 0 unspecified atom stereocenters. The Bertz CT molecular complexity index is 237. The van der Waals surface area contributed by atoms with E-state index in [1.54, 1.807) is 18.2 Å². The monoisotopic (exact) mass is 210 g/mol. The van der Waals surface area contributed by atoms with Crippen LogP contribution in [0.2, 0.25) is 15.1 Å². The molecular weight excluding hydrogens is 206 g/mol. The van der Waals surface area contributed by atoms with Gasteiger partial charge in [-0.2, -0.15) is 0 Å². The number of halogens is 3. The summed E-state index contributed by atoms with van der Waals surface area (Å²) in [5, 5.41) is 1.62. The van der Waals surface area contributed by atoms with Crippen molar-refractivity contribution in [2.75, 3.05) is 0 Å². The predicted molar refractivity (Wildman–Crippen MR) is 48.6 cm³/mol. The van der Waals surface area contributed by atoms with Crippen molar-refractivity contribution in [2.24, 2.45) is 0 Å². The Morgan fingerprint density at radius 3 is 1.91 bits per heavy atom. The molecule has 0 saturated heterocycles. The van der Waals surface area contributed by atoms with Gasteiger partial charge in [-0.25, -0.2) is 0 Å². The maximum absolute atomic E-state index is 8.00. The molecule has 1 nitrogen and oxygen atoms in total. The molecule has 0 aliphatic rings. The summed E-state index contributed by atoms with van der Waals surface area (Å²) in [6.07, 6.45) is 0. The minimum atomic E-state index is 0.490. The number of benzene rings is 1. The van der Waals surface area contributed by atoms with Crippen molar-refractivity contribution < 1.29 is 4.79 Å². The minimum absolute atomic E-state index is 0.490. The third-order valence-electron chi connectivity index (χ3n) is 0.882. The summed E-state index contributed by atoms with van der Waals surface area (Å²) < 4.78 is 0. The average Bonchev–Trinajstić information content (AvgIpc) is 2.02. The highest BCUT2D eigenvalue weighted by Gasteiger charge is 1.94. The second-order valence-electron chi connectivity index (χ2n) is 1.56. The van der Waals surface area contributed by atoms with Gasteiger partial charge in [0.15, 0.2) is 0 Å². The van der Waals surface area contributed by atoms with Gasteiger partial charge in [-0.3, -0.25) is 0 Å². The maximum Gasteiger partial charge on any atom is 0.106 e. The molecule has 4 heteroatoms. The lowest BCUT2D eigenvalue weighted by atomic mass is 10.4. The smallest absolute Gasteiger partial charge is 0.106 e. The quantitative estimate of drug-likeness (QED) is 0.601. The predicted octanol–water partition coefficient (Wildman–Crippen LogP) is 3.46. The number of hydrogen-bond donors (Lipinski definition) is 0. The molecule has 1 aromatic carbocycles. The highest BCUT2D eigenvalue weighted by atomic mass is 35.5. The van der Waals surface area contributed by atoms with E-state index >= 15 is 0 Å². The Labute approximate surface area is 79.9 Å². The van der Waals surface area contributed by atoms with E-state index in [0.717, 1.165) is 0 Å². The summed E-state index contributed by atoms with van der Waals surface area (Å²) in [6, 6.07) is 4.95. The van der Waals surface area contributed by atoms with E-state index in [1.165, 1.54) is 0 Å². The van der Waals surface area contributed by atoms with Crippen LogP contribution in [-0.4, -0.2) is 6.79 Å². The normalized spacial score (nSPS) is 8.27. The van der Waals surface area contributed by atoms with Gasteiger partial charge >= 0.3 is 0 Å². The zero-order chi connectivity index (χ0) is 8.85. The van der Waals surface area contributed by atoms with Crippen LogP contribution in [0.3, 0.4) is 0 Å². The highest BCUT2D eigenvalue weighted by Crippen LogP contribution is 2.24. The van der Waals surface area contributed by atoms with E-state index < -0.39 is 0 Å². The fourth-order valence-electron chi connectivity index (χ4n) is 0.470. The second-order valence-corrected chi connectivity index (χ2v) is 2.81.